The summed E-state index contributed by atoms with van der Waals surface area (Å²) in [5.74, 6) is 6.07. The number of sulfonamides is 1. The third-order valence-corrected chi connectivity index (χ3v) is 7.07. The van der Waals surface area contributed by atoms with E-state index in [4.69, 9.17) is 16.3 Å². The van der Waals surface area contributed by atoms with Gasteiger partial charge in [0.25, 0.3) is 11.7 Å². The minimum Gasteiger partial charge on any atom is -0.492 e. The average molecular weight is 625 g/mol. The number of carbonyl (C=O) groups is 1. The van der Waals surface area contributed by atoms with Crippen LogP contribution in [0.25, 0.3) is 5.70 Å². The van der Waals surface area contributed by atoms with Crippen LogP contribution in [-0.2, 0) is 22.0 Å². The molecule has 3 rings (SSSR count). The number of anilines is 3. The molecular weight excluding hydrogens is 587 g/mol. The molecule has 43 heavy (non-hydrogen) atoms. The summed E-state index contributed by atoms with van der Waals surface area (Å²) in [5, 5.41) is 3.91. The third-order valence-electron chi connectivity index (χ3n) is 6.48. The molecule has 0 atom stereocenters. The van der Waals surface area contributed by atoms with E-state index in [0.717, 1.165) is 21.4 Å². The number of hydrazine groups is 1. The lowest BCUT2D eigenvalue weighted by Crippen LogP contribution is -2.46. The number of aryl methyl sites for hydroxylation is 2. The van der Waals surface area contributed by atoms with Gasteiger partial charge in [0.05, 0.1) is 30.4 Å². The van der Waals surface area contributed by atoms with E-state index in [2.05, 4.69) is 15.0 Å². The Morgan fingerprint density at radius 2 is 1.77 bits per heavy atom. The second-order valence-electron chi connectivity index (χ2n) is 11.1. The highest BCUT2D eigenvalue weighted by molar-refractivity contribution is 7.92. The van der Waals surface area contributed by atoms with Crippen molar-refractivity contribution in [2.75, 3.05) is 28.4 Å². The zero-order valence-electron chi connectivity index (χ0n) is 25.0. The van der Waals surface area contributed by atoms with Crippen LogP contribution in [0.5, 0.6) is 5.75 Å². The number of hydrogen-bond acceptors (Lipinski definition) is 7. The first kappa shape index (κ1) is 33.3. The van der Waals surface area contributed by atoms with E-state index >= 15 is 0 Å². The molecule has 3 aromatic rings. The number of imidazole rings is 1. The molecule has 11 nitrogen and oxygen atoms in total. The number of H-pyrrole nitrogens is 1. The number of hydrogen-bond donors (Lipinski definition) is 5. The van der Waals surface area contributed by atoms with E-state index in [1.807, 2.05) is 20.8 Å². The molecule has 0 spiro atoms. The van der Waals surface area contributed by atoms with Gasteiger partial charge in [-0.25, -0.2) is 23.8 Å². The van der Waals surface area contributed by atoms with Gasteiger partial charge in [0, 0.05) is 18.7 Å². The second-order valence-corrected chi connectivity index (χ2v) is 12.9. The predicted molar refractivity (Wildman–Crippen MR) is 160 cm³/mol. The number of carbonyl (C=O) groups excluding carboxylic acids is 1. The van der Waals surface area contributed by atoms with E-state index in [9.17, 15) is 26.4 Å². The molecule has 0 fully saturated rings. The standard InChI is InChI=1S/C28H36F3N7O4S/c1-16-8-9-18(10-23(16)38(33)14-20(32)24-13-34-17(2)37(24)15-28(29,30)31)26(39)35-21-11-19(27(3,4)5)12-22(25(21)42-6)36-43(7,40)41/h8-14,36H,15,32-33H2,1-7H3,(H,35,39)/p+1. The van der Waals surface area contributed by atoms with Crippen molar-refractivity contribution in [1.29, 1.82) is 0 Å². The van der Waals surface area contributed by atoms with Crippen LogP contribution in [0.1, 0.15) is 53.8 Å². The summed E-state index contributed by atoms with van der Waals surface area (Å²) in [4.78, 5) is 16.2. The number of rotatable bonds is 9. The summed E-state index contributed by atoms with van der Waals surface area (Å²) in [6.07, 6.45) is -0.846. The largest absolute Gasteiger partial charge is 0.492 e. The fourth-order valence-corrected chi connectivity index (χ4v) is 4.84. The van der Waals surface area contributed by atoms with Crippen molar-refractivity contribution >= 4 is 38.7 Å². The van der Waals surface area contributed by atoms with Gasteiger partial charge >= 0.3 is 6.18 Å². The van der Waals surface area contributed by atoms with Crippen LogP contribution in [-0.4, -0.2) is 38.9 Å². The van der Waals surface area contributed by atoms with Crippen molar-refractivity contribution < 1.29 is 35.7 Å². The number of ether oxygens (including phenoxy) is 1. The van der Waals surface area contributed by atoms with Crippen LogP contribution in [0.15, 0.2) is 42.7 Å². The lowest BCUT2D eigenvalue weighted by molar-refractivity contribution is -0.725. The topological polar surface area (TPSA) is 159 Å². The maximum absolute atomic E-state index is 13.4. The van der Waals surface area contributed by atoms with Crippen LogP contribution < -0.4 is 35.9 Å². The molecule has 2 aromatic carbocycles. The second kappa shape index (κ2) is 12.2. The molecule has 0 aliphatic carbocycles. The first-order chi connectivity index (χ1) is 19.7. The monoisotopic (exact) mass is 624 g/mol. The summed E-state index contributed by atoms with van der Waals surface area (Å²) in [5.41, 5.74) is 8.12. The molecule has 1 heterocycles. The van der Waals surface area contributed by atoms with Gasteiger partial charge in [-0.1, -0.05) is 26.8 Å². The number of aromatic amines is 1. The fourth-order valence-electron chi connectivity index (χ4n) is 4.29. The smallest absolute Gasteiger partial charge is 0.426 e. The summed E-state index contributed by atoms with van der Waals surface area (Å²) >= 11 is 0. The lowest BCUT2D eigenvalue weighted by Gasteiger charge is -2.24. The fraction of sp³-hybridized carbons (Fsp3) is 0.357. The first-order valence-electron chi connectivity index (χ1n) is 13.0. The first-order valence-corrected chi connectivity index (χ1v) is 14.9. The Morgan fingerprint density at radius 1 is 1.14 bits per heavy atom. The van der Waals surface area contributed by atoms with Crippen LogP contribution >= 0.6 is 0 Å². The molecule has 15 heteroatoms. The number of alkyl halides is 3. The summed E-state index contributed by atoms with van der Waals surface area (Å²) < 4.78 is 72.3. The minimum absolute atomic E-state index is 0.0417. The highest BCUT2D eigenvalue weighted by Gasteiger charge is 2.34. The molecular formula is C28H37F3N7O4S+. The Hall–Kier alpha value is -4.24. The predicted octanol–water partition coefficient (Wildman–Crippen LogP) is 4.05. The van der Waals surface area contributed by atoms with Gasteiger partial charge in [-0.2, -0.15) is 13.2 Å². The Labute approximate surface area is 248 Å². The average Bonchev–Trinajstić information content (AvgIpc) is 3.20. The van der Waals surface area contributed by atoms with Gasteiger partial charge in [0.2, 0.25) is 10.0 Å². The molecule has 1 amide bonds. The normalized spacial score (nSPS) is 12.7. The van der Waals surface area contributed by atoms with E-state index in [1.54, 1.807) is 31.2 Å². The van der Waals surface area contributed by atoms with E-state index in [-0.39, 0.29) is 39.9 Å². The molecule has 0 unspecified atom stereocenters. The summed E-state index contributed by atoms with van der Waals surface area (Å²) in [6.45, 7) is 7.79. The molecule has 0 saturated carbocycles. The van der Waals surface area contributed by atoms with Gasteiger partial charge in [0.1, 0.15) is 11.9 Å². The van der Waals surface area contributed by atoms with Gasteiger partial charge in [-0.05, 0) is 47.7 Å². The molecule has 0 saturated heterocycles. The van der Waals surface area contributed by atoms with E-state index in [1.165, 1.54) is 32.5 Å². The van der Waals surface area contributed by atoms with Gasteiger partial charge in [-0.15, -0.1) is 0 Å². The molecule has 234 valence electrons. The maximum Gasteiger partial charge on any atom is 0.426 e. The Bertz CT molecular complexity index is 1660. The van der Waals surface area contributed by atoms with Crippen molar-refractivity contribution in [3.8, 4) is 5.75 Å². The molecule has 1 aromatic heterocycles. The van der Waals surface area contributed by atoms with Gasteiger partial charge in [0.15, 0.2) is 18.0 Å². The van der Waals surface area contributed by atoms with Crippen LogP contribution in [0.4, 0.5) is 30.2 Å². The van der Waals surface area contributed by atoms with Gasteiger partial charge in [-0.3, -0.25) is 14.5 Å². The third kappa shape index (κ3) is 8.41. The van der Waals surface area contributed by atoms with Crippen molar-refractivity contribution in [1.82, 2.24) is 4.98 Å². The SMILES string of the molecule is COc1c(NC(=O)c2ccc(C)c(N(N)C=C(N)c3c[nH]c(C)[n+]3CC(F)(F)F)c2)cc(C(C)(C)C)cc1NS(C)(=O)=O. The number of nitrogens with zero attached hydrogens (tertiary/aromatic N) is 2. The number of nitrogens with two attached hydrogens (primary N) is 2. The maximum atomic E-state index is 13.4. The highest BCUT2D eigenvalue weighted by atomic mass is 32.2. The number of nitrogens with one attached hydrogen (secondary N) is 3. The number of benzene rings is 2. The zero-order valence-corrected chi connectivity index (χ0v) is 25.8. The zero-order chi connectivity index (χ0) is 32.5. The summed E-state index contributed by atoms with van der Waals surface area (Å²) in [6, 6.07) is 8.06. The molecule has 7 N–H and O–H groups in total. The van der Waals surface area contributed by atoms with Crippen LogP contribution in [0, 0.1) is 13.8 Å². The number of aromatic nitrogens is 2. The van der Waals surface area contributed by atoms with Gasteiger partial charge < -0.3 is 15.8 Å². The summed E-state index contributed by atoms with van der Waals surface area (Å²) in [7, 11) is -2.31. The number of halogens is 3. The van der Waals surface area contributed by atoms with Crippen molar-refractivity contribution in [2.45, 2.75) is 52.8 Å². The molecule has 0 aliphatic heterocycles. The Balaban J connectivity index is 1.98. The van der Waals surface area contributed by atoms with Crippen molar-refractivity contribution in [3.63, 3.8) is 0 Å². The van der Waals surface area contributed by atoms with Crippen molar-refractivity contribution in [3.05, 3.63) is 70.9 Å². The van der Waals surface area contributed by atoms with Crippen LogP contribution in [0.3, 0.4) is 0 Å². The molecule has 0 radical (unpaired) electrons. The van der Waals surface area contributed by atoms with E-state index in [0.29, 0.717) is 11.3 Å². The minimum atomic E-state index is -4.47. The lowest BCUT2D eigenvalue weighted by atomic mass is 9.86. The highest BCUT2D eigenvalue weighted by Crippen LogP contribution is 2.39. The number of methoxy groups -OCH3 is 1. The Kier molecular flexibility index (Phi) is 9.41. The molecule has 0 bridgehead atoms. The quantitative estimate of drug-likeness (QED) is 0.136. The van der Waals surface area contributed by atoms with Crippen LogP contribution in [0.2, 0.25) is 0 Å². The molecule has 0 aliphatic rings. The van der Waals surface area contributed by atoms with Crippen molar-refractivity contribution in [2.24, 2.45) is 11.6 Å². The van der Waals surface area contributed by atoms with E-state index < -0.39 is 34.1 Å². The number of amides is 1. The Morgan fingerprint density at radius 3 is 2.33 bits per heavy atom.